The Morgan fingerprint density at radius 1 is 1.04 bits per heavy atom. The van der Waals surface area contributed by atoms with Gasteiger partial charge in [0.15, 0.2) is 11.8 Å². The van der Waals surface area contributed by atoms with E-state index in [0.717, 1.165) is 0 Å². The lowest BCUT2D eigenvalue weighted by molar-refractivity contribution is -0.385. The summed E-state index contributed by atoms with van der Waals surface area (Å²) in [6, 6.07) is 7.51. The van der Waals surface area contributed by atoms with Crippen molar-refractivity contribution in [3.8, 4) is 5.88 Å². The number of benzene rings is 1. The highest BCUT2D eigenvalue weighted by Gasteiger charge is 2.46. The standard InChI is InChI=1S/C29H35F6N5O9/c1-26(2,3)49-25(44)36-15-27(4,5)48-21(32)18(31)12-28(14-30,47-13-16-9-7-6-8-10-16)24(43)39-38-23(42)20-19(40(45)46)11-17(22(41)37-20)29(33,34)35/h6-11,18,21H,12-15H2,1-5H3,(H,36,44)(H,37,41)(H,38,42)(H,39,43)/t18?,21?,28-/m0/s1. The van der Waals surface area contributed by atoms with Crippen LogP contribution in [0.2, 0.25) is 0 Å². The minimum Gasteiger partial charge on any atom is -0.493 e. The van der Waals surface area contributed by atoms with Crippen LogP contribution in [0.15, 0.2) is 36.4 Å². The zero-order valence-corrected chi connectivity index (χ0v) is 26.8. The van der Waals surface area contributed by atoms with Crippen molar-refractivity contribution in [3.63, 3.8) is 0 Å². The molecule has 0 aliphatic rings. The first-order valence-corrected chi connectivity index (χ1v) is 14.2. The van der Waals surface area contributed by atoms with E-state index in [1.807, 2.05) is 0 Å². The quantitative estimate of drug-likeness (QED) is 0.121. The summed E-state index contributed by atoms with van der Waals surface area (Å²) in [4.78, 5) is 50.7. The fraction of sp³-hybridized carbons (Fsp3) is 0.517. The Bertz CT molecular complexity index is 1490. The molecule has 0 fully saturated rings. The van der Waals surface area contributed by atoms with Gasteiger partial charge in [0.05, 0.1) is 17.1 Å². The second kappa shape index (κ2) is 16.1. The molecule has 0 saturated carbocycles. The van der Waals surface area contributed by atoms with Crippen molar-refractivity contribution >= 4 is 23.6 Å². The highest BCUT2D eigenvalue weighted by Crippen LogP contribution is 2.37. The van der Waals surface area contributed by atoms with Crippen molar-refractivity contribution in [2.24, 2.45) is 0 Å². The number of hydrazine groups is 1. The molecule has 2 rings (SSSR count). The van der Waals surface area contributed by atoms with Gasteiger partial charge in [0.2, 0.25) is 17.9 Å². The number of hydrogen-bond donors (Lipinski definition) is 4. The van der Waals surface area contributed by atoms with Crippen LogP contribution in [-0.4, -0.2) is 75.5 Å². The lowest BCUT2D eigenvalue weighted by atomic mass is 9.96. The van der Waals surface area contributed by atoms with Crippen LogP contribution >= 0.6 is 0 Å². The van der Waals surface area contributed by atoms with E-state index >= 15 is 8.78 Å². The highest BCUT2D eigenvalue weighted by atomic mass is 19.4. The van der Waals surface area contributed by atoms with E-state index < -0.39 is 101 Å². The number of nitrogens with zero attached hydrogens (tertiary/aromatic N) is 2. The van der Waals surface area contributed by atoms with E-state index in [1.54, 1.807) is 49.8 Å². The van der Waals surface area contributed by atoms with E-state index in [0.29, 0.717) is 5.56 Å². The van der Waals surface area contributed by atoms with Gasteiger partial charge in [0.1, 0.15) is 17.8 Å². The third kappa shape index (κ3) is 12.0. The number of ether oxygens (including phenoxy) is 3. The molecular weight excluding hydrogens is 676 g/mol. The number of pyridine rings is 1. The molecule has 0 aliphatic heterocycles. The fourth-order valence-corrected chi connectivity index (χ4v) is 3.89. The second-order valence-electron chi connectivity index (χ2n) is 12.1. The van der Waals surface area contributed by atoms with Gasteiger partial charge in [0, 0.05) is 19.0 Å². The number of halogens is 6. The zero-order chi connectivity index (χ0) is 37.4. The van der Waals surface area contributed by atoms with Crippen LogP contribution in [0.3, 0.4) is 0 Å². The van der Waals surface area contributed by atoms with Crippen LogP contribution in [0.1, 0.15) is 62.7 Å². The van der Waals surface area contributed by atoms with Crippen molar-refractivity contribution in [3.05, 3.63) is 63.3 Å². The van der Waals surface area contributed by atoms with Crippen molar-refractivity contribution in [1.29, 1.82) is 0 Å². The second-order valence-corrected chi connectivity index (χ2v) is 12.1. The number of aromatic nitrogens is 1. The van der Waals surface area contributed by atoms with Gasteiger partial charge in [-0.1, -0.05) is 30.3 Å². The summed E-state index contributed by atoms with van der Waals surface area (Å²) >= 11 is 0. The van der Waals surface area contributed by atoms with E-state index in [9.17, 15) is 47.2 Å². The lowest BCUT2D eigenvalue weighted by Crippen LogP contribution is -2.57. The summed E-state index contributed by atoms with van der Waals surface area (Å²) in [5.74, 6) is -5.21. The van der Waals surface area contributed by atoms with E-state index in [4.69, 9.17) is 14.2 Å². The maximum Gasteiger partial charge on any atom is 0.421 e. The molecule has 3 amide bonds. The molecule has 1 aromatic carbocycles. The molecule has 0 aliphatic carbocycles. The molecule has 0 bridgehead atoms. The Morgan fingerprint density at radius 2 is 1.65 bits per heavy atom. The van der Waals surface area contributed by atoms with Crippen molar-refractivity contribution in [1.82, 2.24) is 21.2 Å². The molecular formula is C29H35F6N5O9. The number of alkyl halides is 6. The summed E-state index contributed by atoms with van der Waals surface area (Å²) in [5.41, 5.74) is -6.68. The average Bonchev–Trinajstić information content (AvgIpc) is 2.99. The SMILES string of the molecule is CC(C)(C)OC(=O)NCC(C)(C)OC(F)C(F)C[C@@](CF)(OCc1ccccc1)C(=O)NNC(=O)c1nc(O)c(C(F)(F)F)cc1[N+](=O)[O-]. The molecule has 3 atom stereocenters. The Kier molecular flexibility index (Phi) is 13.3. The largest absolute Gasteiger partial charge is 0.493 e. The highest BCUT2D eigenvalue weighted by molar-refractivity contribution is 5.98. The number of hydrogen-bond acceptors (Lipinski definition) is 10. The first kappa shape index (κ1) is 40.5. The number of aromatic hydroxyl groups is 1. The minimum absolute atomic E-state index is 0.173. The molecule has 0 saturated heterocycles. The number of carbonyl (C=O) groups excluding carboxylic acids is 3. The van der Waals surface area contributed by atoms with Crippen LogP contribution in [0.4, 0.5) is 36.8 Å². The maximum absolute atomic E-state index is 15.4. The molecule has 2 aromatic rings. The van der Waals surface area contributed by atoms with Crippen LogP contribution in [-0.2, 0) is 31.8 Å². The summed E-state index contributed by atoms with van der Waals surface area (Å²) < 4.78 is 100. The molecule has 1 aromatic heterocycles. The van der Waals surface area contributed by atoms with Gasteiger partial charge in [-0.2, -0.15) is 13.2 Å². The topological polar surface area (TPSA) is 191 Å². The average molecular weight is 712 g/mol. The number of alkyl carbamates (subject to hydrolysis) is 1. The molecule has 2 unspecified atom stereocenters. The van der Waals surface area contributed by atoms with Gasteiger partial charge in [-0.15, -0.1) is 0 Å². The van der Waals surface area contributed by atoms with Crippen molar-refractivity contribution < 1.29 is 65.0 Å². The number of nitro groups is 1. The summed E-state index contributed by atoms with van der Waals surface area (Å²) in [6.07, 6.45) is -13.2. The number of nitrogens with one attached hydrogen (secondary N) is 3. The van der Waals surface area contributed by atoms with E-state index in [-0.39, 0.29) is 12.6 Å². The summed E-state index contributed by atoms with van der Waals surface area (Å²) in [5, 5.41) is 23.3. The third-order valence-corrected chi connectivity index (χ3v) is 6.27. The predicted octanol–water partition coefficient (Wildman–Crippen LogP) is 4.74. The molecule has 14 nitrogen and oxygen atoms in total. The molecule has 1 heterocycles. The molecule has 0 spiro atoms. The lowest BCUT2D eigenvalue weighted by Gasteiger charge is -2.34. The van der Waals surface area contributed by atoms with Gasteiger partial charge in [-0.3, -0.25) is 30.6 Å². The van der Waals surface area contributed by atoms with Crippen LogP contribution in [0, 0.1) is 10.1 Å². The molecule has 49 heavy (non-hydrogen) atoms. The normalized spacial score (nSPS) is 14.6. The van der Waals surface area contributed by atoms with Crippen LogP contribution in [0.25, 0.3) is 0 Å². The number of carbonyl (C=O) groups is 3. The van der Waals surface area contributed by atoms with Crippen LogP contribution in [0.5, 0.6) is 5.88 Å². The Morgan fingerprint density at radius 3 is 2.18 bits per heavy atom. The van der Waals surface area contributed by atoms with Crippen molar-refractivity contribution in [2.75, 3.05) is 13.2 Å². The van der Waals surface area contributed by atoms with Gasteiger partial charge in [-0.25, -0.2) is 22.9 Å². The van der Waals surface area contributed by atoms with Gasteiger partial charge < -0.3 is 24.6 Å². The van der Waals surface area contributed by atoms with Gasteiger partial charge in [0.25, 0.3) is 11.8 Å². The van der Waals surface area contributed by atoms with Gasteiger partial charge >= 0.3 is 18.0 Å². The van der Waals surface area contributed by atoms with E-state index in [1.165, 1.54) is 26.0 Å². The Balaban J connectivity index is 2.28. The molecule has 0 radical (unpaired) electrons. The number of rotatable bonds is 14. The number of amides is 3. The molecule has 20 heteroatoms. The fourth-order valence-electron chi connectivity index (χ4n) is 3.89. The van der Waals surface area contributed by atoms with Crippen LogP contribution < -0.4 is 16.2 Å². The smallest absolute Gasteiger partial charge is 0.421 e. The van der Waals surface area contributed by atoms with Crippen molar-refractivity contribution in [2.45, 2.75) is 83.2 Å². The van der Waals surface area contributed by atoms with Gasteiger partial charge in [-0.05, 0) is 40.2 Å². The summed E-state index contributed by atoms with van der Waals surface area (Å²) in [7, 11) is 0. The maximum atomic E-state index is 15.4. The molecule has 272 valence electrons. The monoisotopic (exact) mass is 711 g/mol. The predicted molar refractivity (Wildman–Crippen MR) is 157 cm³/mol. The minimum atomic E-state index is -5.30. The van der Waals surface area contributed by atoms with E-state index in [2.05, 4.69) is 10.3 Å². The Labute approximate surface area is 275 Å². The first-order chi connectivity index (χ1) is 22.5. The molecule has 4 N–H and O–H groups in total. The third-order valence-electron chi connectivity index (χ3n) is 6.27. The first-order valence-electron chi connectivity index (χ1n) is 14.2. The zero-order valence-electron chi connectivity index (χ0n) is 26.8. The summed E-state index contributed by atoms with van der Waals surface area (Å²) in [6.45, 7) is 4.59. The Hall–Kier alpha value is -4.72.